The van der Waals surface area contributed by atoms with Gasteiger partial charge in [0.25, 0.3) is 0 Å². The lowest BCUT2D eigenvalue weighted by Gasteiger charge is -2.27. The van der Waals surface area contributed by atoms with Crippen LogP contribution in [0.1, 0.15) is 24.8 Å². The summed E-state index contributed by atoms with van der Waals surface area (Å²) >= 11 is 0. The molecule has 5 nitrogen and oxygen atoms in total. The van der Waals surface area contributed by atoms with Crippen molar-refractivity contribution < 1.29 is 9.53 Å². The molecule has 0 atom stereocenters. The summed E-state index contributed by atoms with van der Waals surface area (Å²) in [5, 5.41) is 2.91. The third-order valence-corrected chi connectivity index (χ3v) is 3.42. The Kier molecular flexibility index (Phi) is 5.47. The number of piperidine rings is 1. The standard InChI is InChI=1S/C16H21N3O2/c1-21-15-8-7-13(6-5-9-17)12-14(15)18-16(20)19-10-3-2-4-11-19/h7-8,12H,2-4,9-11,17H2,1H3,(H,18,20). The minimum absolute atomic E-state index is 0.0862. The zero-order valence-corrected chi connectivity index (χ0v) is 12.3. The molecule has 1 aromatic carbocycles. The highest BCUT2D eigenvalue weighted by atomic mass is 16.5. The van der Waals surface area contributed by atoms with Gasteiger partial charge in [-0.2, -0.15) is 0 Å². The SMILES string of the molecule is COc1ccc(C#CCN)cc1NC(=O)N1CCCCC1. The molecule has 0 unspecified atom stereocenters. The number of hydrogen-bond donors (Lipinski definition) is 2. The van der Waals surface area contributed by atoms with Crippen molar-refractivity contribution in [1.29, 1.82) is 0 Å². The number of nitrogens with zero attached hydrogens (tertiary/aromatic N) is 1. The fourth-order valence-corrected chi connectivity index (χ4v) is 2.33. The Hall–Kier alpha value is -2.19. The van der Waals surface area contributed by atoms with E-state index >= 15 is 0 Å². The Balaban J connectivity index is 2.14. The molecule has 0 spiro atoms. The van der Waals surface area contributed by atoms with Gasteiger partial charge in [-0.15, -0.1) is 0 Å². The molecule has 3 N–H and O–H groups in total. The van der Waals surface area contributed by atoms with Gasteiger partial charge >= 0.3 is 6.03 Å². The number of hydrogen-bond acceptors (Lipinski definition) is 3. The highest BCUT2D eigenvalue weighted by Crippen LogP contribution is 2.26. The topological polar surface area (TPSA) is 67.6 Å². The van der Waals surface area contributed by atoms with Gasteiger partial charge in [0, 0.05) is 18.7 Å². The van der Waals surface area contributed by atoms with E-state index in [4.69, 9.17) is 10.5 Å². The Morgan fingerprint density at radius 3 is 2.81 bits per heavy atom. The van der Waals surface area contributed by atoms with Gasteiger partial charge in [-0.1, -0.05) is 11.8 Å². The molecule has 1 heterocycles. The maximum atomic E-state index is 12.3. The molecule has 0 aromatic heterocycles. The number of amides is 2. The van der Waals surface area contributed by atoms with Crippen LogP contribution in [0.15, 0.2) is 18.2 Å². The Morgan fingerprint density at radius 1 is 1.38 bits per heavy atom. The quantitative estimate of drug-likeness (QED) is 0.818. The van der Waals surface area contributed by atoms with Crippen molar-refractivity contribution in [2.24, 2.45) is 5.73 Å². The maximum Gasteiger partial charge on any atom is 0.321 e. The molecule has 2 amide bonds. The van der Waals surface area contributed by atoms with Crippen LogP contribution in [0.25, 0.3) is 0 Å². The van der Waals surface area contributed by atoms with E-state index < -0.39 is 0 Å². The molecule has 2 rings (SSSR count). The second-order valence-electron chi connectivity index (χ2n) is 4.90. The van der Waals surface area contributed by atoms with Crippen molar-refractivity contribution in [2.45, 2.75) is 19.3 Å². The lowest BCUT2D eigenvalue weighted by atomic mass is 10.1. The molecule has 1 fully saturated rings. The number of ether oxygens (including phenoxy) is 1. The van der Waals surface area contributed by atoms with Gasteiger partial charge < -0.3 is 20.7 Å². The maximum absolute atomic E-state index is 12.3. The fourth-order valence-electron chi connectivity index (χ4n) is 2.33. The number of benzene rings is 1. The number of methoxy groups -OCH3 is 1. The molecule has 0 aliphatic carbocycles. The summed E-state index contributed by atoms with van der Waals surface area (Å²) in [5.41, 5.74) is 6.81. The largest absolute Gasteiger partial charge is 0.495 e. The van der Waals surface area contributed by atoms with Crippen LogP contribution in [-0.2, 0) is 0 Å². The van der Waals surface area contributed by atoms with Gasteiger partial charge in [0.15, 0.2) is 0 Å². The Labute approximate surface area is 125 Å². The Bertz CT molecular complexity index is 554. The van der Waals surface area contributed by atoms with Crippen LogP contribution < -0.4 is 15.8 Å². The summed E-state index contributed by atoms with van der Waals surface area (Å²) in [7, 11) is 1.58. The van der Waals surface area contributed by atoms with Crippen molar-refractivity contribution in [2.75, 3.05) is 32.1 Å². The minimum Gasteiger partial charge on any atom is -0.495 e. The van der Waals surface area contributed by atoms with E-state index in [-0.39, 0.29) is 6.03 Å². The average Bonchev–Trinajstić information content (AvgIpc) is 2.54. The number of nitrogens with two attached hydrogens (primary N) is 1. The number of nitrogens with one attached hydrogen (secondary N) is 1. The number of rotatable bonds is 2. The number of anilines is 1. The van der Waals surface area contributed by atoms with Crippen LogP contribution in [0.3, 0.4) is 0 Å². The van der Waals surface area contributed by atoms with E-state index in [9.17, 15) is 4.79 Å². The average molecular weight is 287 g/mol. The van der Waals surface area contributed by atoms with E-state index in [2.05, 4.69) is 17.2 Å². The molecule has 5 heteroatoms. The molecular weight excluding hydrogens is 266 g/mol. The molecule has 1 aromatic rings. The first kappa shape index (κ1) is 15.2. The first-order valence-electron chi connectivity index (χ1n) is 7.17. The summed E-state index contributed by atoms with van der Waals surface area (Å²) in [5.74, 6) is 6.38. The van der Waals surface area contributed by atoms with Gasteiger partial charge in [0.2, 0.25) is 0 Å². The zero-order valence-electron chi connectivity index (χ0n) is 12.3. The molecule has 0 bridgehead atoms. The molecule has 0 radical (unpaired) electrons. The second kappa shape index (κ2) is 7.55. The Morgan fingerprint density at radius 2 is 2.14 bits per heavy atom. The summed E-state index contributed by atoms with van der Waals surface area (Å²) in [4.78, 5) is 14.1. The van der Waals surface area contributed by atoms with Crippen LogP contribution in [0, 0.1) is 11.8 Å². The molecule has 21 heavy (non-hydrogen) atoms. The number of carbonyl (C=O) groups is 1. The number of carbonyl (C=O) groups excluding carboxylic acids is 1. The molecule has 112 valence electrons. The van der Waals surface area contributed by atoms with Crippen LogP contribution in [-0.4, -0.2) is 37.7 Å². The lowest BCUT2D eigenvalue weighted by molar-refractivity contribution is 0.200. The van der Waals surface area contributed by atoms with Gasteiger partial charge in [-0.3, -0.25) is 0 Å². The molecule has 1 aliphatic rings. The molecular formula is C16H21N3O2. The van der Waals surface area contributed by atoms with E-state index in [0.717, 1.165) is 31.5 Å². The van der Waals surface area contributed by atoms with Crippen molar-refractivity contribution in [3.05, 3.63) is 23.8 Å². The third kappa shape index (κ3) is 4.14. The summed E-state index contributed by atoms with van der Waals surface area (Å²) < 4.78 is 5.29. The van der Waals surface area contributed by atoms with E-state index in [1.807, 2.05) is 17.0 Å². The first-order valence-corrected chi connectivity index (χ1v) is 7.17. The van der Waals surface area contributed by atoms with Gasteiger partial charge in [-0.25, -0.2) is 4.79 Å². The van der Waals surface area contributed by atoms with Crippen LogP contribution in [0.5, 0.6) is 5.75 Å². The highest BCUT2D eigenvalue weighted by Gasteiger charge is 2.17. The van der Waals surface area contributed by atoms with Crippen molar-refractivity contribution >= 4 is 11.7 Å². The summed E-state index contributed by atoms with van der Waals surface area (Å²) in [6.07, 6.45) is 3.32. The fraction of sp³-hybridized carbons (Fsp3) is 0.438. The van der Waals surface area contributed by atoms with Crippen molar-refractivity contribution in [3.63, 3.8) is 0 Å². The monoisotopic (exact) mass is 287 g/mol. The van der Waals surface area contributed by atoms with Gasteiger partial charge in [0.1, 0.15) is 5.75 Å². The van der Waals surface area contributed by atoms with Crippen LogP contribution >= 0.6 is 0 Å². The van der Waals surface area contributed by atoms with Crippen molar-refractivity contribution in [3.8, 4) is 17.6 Å². The van der Waals surface area contributed by atoms with Crippen LogP contribution in [0.4, 0.5) is 10.5 Å². The predicted molar refractivity (Wildman–Crippen MR) is 83.4 cm³/mol. The van der Waals surface area contributed by atoms with Gasteiger partial charge in [0.05, 0.1) is 19.3 Å². The molecule has 1 aliphatic heterocycles. The predicted octanol–water partition coefficient (Wildman–Crippen LogP) is 2.02. The summed E-state index contributed by atoms with van der Waals surface area (Å²) in [6, 6.07) is 5.37. The zero-order chi connectivity index (χ0) is 15.1. The van der Waals surface area contributed by atoms with Gasteiger partial charge in [-0.05, 0) is 37.5 Å². The van der Waals surface area contributed by atoms with Crippen LogP contribution in [0.2, 0.25) is 0 Å². The highest BCUT2D eigenvalue weighted by molar-refractivity contribution is 5.91. The summed E-state index contributed by atoms with van der Waals surface area (Å²) in [6.45, 7) is 1.92. The molecule has 1 saturated heterocycles. The first-order chi connectivity index (χ1) is 10.2. The van der Waals surface area contributed by atoms with Crippen molar-refractivity contribution in [1.82, 2.24) is 4.90 Å². The third-order valence-electron chi connectivity index (χ3n) is 3.42. The normalized spacial score (nSPS) is 14.1. The number of urea groups is 1. The smallest absolute Gasteiger partial charge is 0.321 e. The minimum atomic E-state index is -0.0862. The second-order valence-corrected chi connectivity index (χ2v) is 4.90. The van der Waals surface area contributed by atoms with E-state index in [0.29, 0.717) is 18.0 Å². The lowest BCUT2D eigenvalue weighted by Crippen LogP contribution is -2.38. The van der Waals surface area contributed by atoms with E-state index in [1.165, 1.54) is 6.42 Å². The number of likely N-dealkylation sites (tertiary alicyclic amines) is 1. The molecule has 0 saturated carbocycles. The van der Waals surface area contributed by atoms with E-state index in [1.54, 1.807) is 13.2 Å².